The van der Waals surface area contributed by atoms with Gasteiger partial charge in [-0.2, -0.15) is 14.9 Å². The van der Waals surface area contributed by atoms with Gasteiger partial charge in [0.15, 0.2) is 5.82 Å². The summed E-state index contributed by atoms with van der Waals surface area (Å²) < 4.78 is 7.54. The van der Waals surface area contributed by atoms with E-state index in [-0.39, 0.29) is 0 Å². The van der Waals surface area contributed by atoms with E-state index in [2.05, 4.69) is 15.3 Å². The number of rotatable bonds is 5. The first-order valence-electron chi connectivity index (χ1n) is 7.69. The van der Waals surface area contributed by atoms with Gasteiger partial charge in [-0.3, -0.25) is 0 Å². The van der Waals surface area contributed by atoms with Crippen molar-refractivity contribution in [3.63, 3.8) is 0 Å². The third-order valence-corrected chi connectivity index (χ3v) is 3.84. The number of aryl methyl sites for hydroxylation is 1. The zero-order valence-corrected chi connectivity index (χ0v) is 14.4. The summed E-state index contributed by atoms with van der Waals surface area (Å²) in [6.45, 7) is 4.64. The van der Waals surface area contributed by atoms with Crippen molar-refractivity contribution in [2.45, 2.75) is 13.8 Å². The van der Waals surface area contributed by atoms with Gasteiger partial charge >= 0.3 is 0 Å². The van der Waals surface area contributed by atoms with Crippen LogP contribution in [0.4, 0.5) is 0 Å². The highest BCUT2D eigenvalue weighted by Crippen LogP contribution is 2.21. The van der Waals surface area contributed by atoms with Gasteiger partial charge in [-0.25, -0.2) is 5.10 Å². The van der Waals surface area contributed by atoms with Crippen molar-refractivity contribution in [1.29, 1.82) is 0 Å². The summed E-state index contributed by atoms with van der Waals surface area (Å²) in [5.41, 5.74) is 3.10. The molecule has 6 heteroatoms. The summed E-state index contributed by atoms with van der Waals surface area (Å²) >= 11 is 5.29. The van der Waals surface area contributed by atoms with Gasteiger partial charge in [0.05, 0.1) is 12.8 Å². The van der Waals surface area contributed by atoms with Gasteiger partial charge in [0, 0.05) is 5.56 Å². The van der Waals surface area contributed by atoms with Crippen LogP contribution in [0.25, 0.3) is 11.4 Å². The highest BCUT2D eigenvalue weighted by Gasteiger charge is 2.08. The molecule has 0 radical (unpaired) electrons. The Hall–Kier alpha value is -2.73. The molecule has 0 spiro atoms. The number of nitrogens with one attached hydrogen (secondary N) is 1. The minimum Gasteiger partial charge on any atom is -0.494 e. The van der Waals surface area contributed by atoms with Crippen LogP contribution < -0.4 is 4.74 Å². The molecule has 3 rings (SSSR count). The van der Waals surface area contributed by atoms with Crippen molar-refractivity contribution in [2.75, 3.05) is 6.61 Å². The Morgan fingerprint density at radius 1 is 1.21 bits per heavy atom. The Morgan fingerprint density at radius 3 is 2.67 bits per heavy atom. The van der Waals surface area contributed by atoms with E-state index in [9.17, 15) is 0 Å². The molecule has 0 aliphatic carbocycles. The molecule has 0 amide bonds. The first-order valence-corrected chi connectivity index (χ1v) is 8.10. The maximum Gasteiger partial charge on any atom is 0.216 e. The van der Waals surface area contributed by atoms with Gasteiger partial charge in [0.1, 0.15) is 5.75 Å². The molecule has 24 heavy (non-hydrogen) atoms. The monoisotopic (exact) mass is 338 g/mol. The third-order valence-electron chi connectivity index (χ3n) is 3.57. The average Bonchev–Trinajstić information content (AvgIpc) is 2.96. The highest BCUT2D eigenvalue weighted by molar-refractivity contribution is 7.71. The molecule has 0 saturated heterocycles. The van der Waals surface area contributed by atoms with E-state index < -0.39 is 0 Å². The summed E-state index contributed by atoms with van der Waals surface area (Å²) in [4.78, 5) is 0. The van der Waals surface area contributed by atoms with Crippen LogP contribution in [0.15, 0.2) is 53.6 Å². The van der Waals surface area contributed by atoms with Crippen LogP contribution in [0, 0.1) is 11.7 Å². The summed E-state index contributed by atoms with van der Waals surface area (Å²) in [6, 6.07) is 15.7. The molecule has 0 aliphatic heterocycles. The lowest BCUT2D eigenvalue weighted by atomic mass is 10.1. The molecule has 0 fully saturated rings. The van der Waals surface area contributed by atoms with Crippen LogP contribution >= 0.6 is 12.2 Å². The van der Waals surface area contributed by atoms with Crippen LogP contribution in [0.3, 0.4) is 0 Å². The minimum absolute atomic E-state index is 0.448. The maximum atomic E-state index is 5.47. The van der Waals surface area contributed by atoms with Crippen molar-refractivity contribution < 1.29 is 4.74 Å². The van der Waals surface area contributed by atoms with E-state index in [1.54, 1.807) is 10.9 Å². The largest absolute Gasteiger partial charge is 0.494 e. The number of aromatic amines is 1. The second-order valence-corrected chi connectivity index (χ2v) is 5.61. The standard InChI is InChI=1S/C18H18N4OS/c1-3-23-16-10-8-14(9-11-16)17-20-21-18(24)22(17)19-12-15-7-5-4-6-13(15)2/h4-12H,3H2,1-2H3,(H,21,24). The molecule has 1 aromatic heterocycles. The van der Waals surface area contributed by atoms with Crippen molar-refractivity contribution in [3.05, 3.63) is 64.4 Å². The molecular formula is C18H18N4OS. The summed E-state index contributed by atoms with van der Waals surface area (Å²) in [5, 5.41) is 11.6. The van der Waals surface area contributed by atoms with E-state index in [4.69, 9.17) is 17.0 Å². The minimum atomic E-state index is 0.448. The number of ether oxygens (including phenoxy) is 1. The molecular weight excluding hydrogens is 320 g/mol. The Balaban J connectivity index is 1.94. The Labute approximate surface area is 145 Å². The normalized spacial score (nSPS) is 11.1. The third kappa shape index (κ3) is 3.44. The molecule has 0 atom stereocenters. The Bertz CT molecular complexity index is 909. The highest BCUT2D eigenvalue weighted by atomic mass is 32.1. The number of hydrogen-bond donors (Lipinski definition) is 1. The second kappa shape index (κ2) is 7.23. The number of aromatic nitrogens is 3. The van der Waals surface area contributed by atoms with Gasteiger partial charge in [0.2, 0.25) is 4.77 Å². The Morgan fingerprint density at radius 2 is 1.96 bits per heavy atom. The van der Waals surface area contributed by atoms with Crippen LogP contribution in [-0.4, -0.2) is 27.7 Å². The van der Waals surface area contributed by atoms with Crippen LogP contribution in [0.2, 0.25) is 0 Å². The lowest BCUT2D eigenvalue weighted by molar-refractivity contribution is 0.340. The lowest BCUT2D eigenvalue weighted by Crippen LogP contribution is -1.96. The van der Waals surface area contributed by atoms with E-state index in [1.807, 2.05) is 62.4 Å². The SMILES string of the molecule is CCOc1ccc(-c2n[nH]c(=S)n2N=Cc2ccccc2C)cc1. The first-order chi connectivity index (χ1) is 11.7. The molecule has 2 aromatic carbocycles. The molecule has 0 unspecified atom stereocenters. The molecule has 3 aromatic rings. The Kier molecular flexibility index (Phi) is 4.86. The molecule has 0 aliphatic rings. The fraction of sp³-hybridized carbons (Fsp3) is 0.167. The van der Waals surface area contributed by atoms with E-state index in [0.717, 1.165) is 22.4 Å². The summed E-state index contributed by atoms with van der Waals surface area (Å²) in [6.07, 6.45) is 1.79. The van der Waals surface area contributed by atoms with Crippen molar-refractivity contribution in [2.24, 2.45) is 5.10 Å². The van der Waals surface area contributed by atoms with Gasteiger partial charge < -0.3 is 4.74 Å². The van der Waals surface area contributed by atoms with Crippen molar-refractivity contribution >= 4 is 18.4 Å². The topological polar surface area (TPSA) is 55.2 Å². The van der Waals surface area contributed by atoms with Gasteiger partial charge in [-0.05, 0) is 61.5 Å². The van der Waals surface area contributed by atoms with Crippen LogP contribution in [0.5, 0.6) is 5.75 Å². The number of H-pyrrole nitrogens is 1. The molecule has 5 nitrogen and oxygen atoms in total. The molecule has 0 saturated carbocycles. The van der Waals surface area contributed by atoms with Crippen molar-refractivity contribution in [3.8, 4) is 17.1 Å². The van der Waals surface area contributed by atoms with E-state index in [1.165, 1.54) is 0 Å². The quantitative estimate of drug-likeness (QED) is 0.560. The van der Waals surface area contributed by atoms with Gasteiger partial charge in [-0.1, -0.05) is 24.3 Å². The predicted molar refractivity (Wildman–Crippen MR) is 98.2 cm³/mol. The number of hydrogen-bond acceptors (Lipinski definition) is 4. The van der Waals surface area contributed by atoms with Crippen molar-refractivity contribution in [1.82, 2.24) is 14.9 Å². The first kappa shape index (κ1) is 16.1. The summed E-state index contributed by atoms with van der Waals surface area (Å²) in [5.74, 6) is 1.48. The molecule has 1 heterocycles. The van der Waals surface area contributed by atoms with E-state index >= 15 is 0 Å². The molecule has 0 bridgehead atoms. The fourth-order valence-corrected chi connectivity index (χ4v) is 2.48. The second-order valence-electron chi connectivity index (χ2n) is 5.22. The lowest BCUT2D eigenvalue weighted by Gasteiger charge is -2.05. The average molecular weight is 338 g/mol. The zero-order valence-electron chi connectivity index (χ0n) is 13.6. The fourth-order valence-electron chi connectivity index (χ4n) is 2.30. The maximum absolute atomic E-state index is 5.47. The smallest absolute Gasteiger partial charge is 0.216 e. The molecule has 1 N–H and O–H groups in total. The zero-order chi connectivity index (χ0) is 16.9. The molecule has 122 valence electrons. The predicted octanol–water partition coefficient (Wildman–Crippen LogP) is 4.20. The number of nitrogens with zero attached hydrogens (tertiary/aromatic N) is 3. The summed E-state index contributed by atoms with van der Waals surface area (Å²) in [7, 11) is 0. The van der Waals surface area contributed by atoms with Gasteiger partial charge in [-0.15, -0.1) is 0 Å². The number of benzene rings is 2. The van der Waals surface area contributed by atoms with Crippen LogP contribution in [-0.2, 0) is 0 Å². The van der Waals surface area contributed by atoms with Crippen LogP contribution in [0.1, 0.15) is 18.1 Å². The van der Waals surface area contributed by atoms with Gasteiger partial charge in [0.25, 0.3) is 0 Å². The van der Waals surface area contributed by atoms with E-state index in [0.29, 0.717) is 17.2 Å².